The van der Waals surface area contributed by atoms with E-state index in [0.717, 1.165) is 17.0 Å². The maximum atomic E-state index is 13.3. The third kappa shape index (κ3) is 2.60. The fourth-order valence-electron chi connectivity index (χ4n) is 2.40. The smallest absolute Gasteiger partial charge is 0.139 e. The lowest BCUT2D eigenvalue weighted by atomic mass is 10.1. The Hall–Kier alpha value is -2.40. The summed E-state index contributed by atoms with van der Waals surface area (Å²) in [4.78, 5) is 4.47. The van der Waals surface area contributed by atoms with Crippen molar-refractivity contribution in [2.24, 2.45) is 0 Å². The van der Waals surface area contributed by atoms with Crippen LogP contribution < -0.4 is 4.74 Å². The van der Waals surface area contributed by atoms with Gasteiger partial charge in [-0.3, -0.25) is 4.40 Å². The number of ether oxygens (including phenoxy) is 1. The van der Waals surface area contributed by atoms with Gasteiger partial charge in [-0.25, -0.2) is 9.37 Å². The Labute approximate surface area is 121 Å². The van der Waals surface area contributed by atoms with Gasteiger partial charge in [-0.1, -0.05) is 12.1 Å². The van der Waals surface area contributed by atoms with Gasteiger partial charge in [-0.15, -0.1) is 0 Å². The van der Waals surface area contributed by atoms with Gasteiger partial charge in [0.2, 0.25) is 0 Å². The van der Waals surface area contributed by atoms with E-state index in [4.69, 9.17) is 4.74 Å². The van der Waals surface area contributed by atoms with Crippen molar-refractivity contribution in [3.05, 3.63) is 65.4 Å². The third-order valence-corrected chi connectivity index (χ3v) is 3.42. The number of nitrogens with zero attached hydrogens (tertiary/aromatic N) is 2. The number of aliphatic hydroxyl groups is 1. The number of fused-ring (bicyclic) bond motifs is 1. The van der Waals surface area contributed by atoms with E-state index in [1.165, 1.54) is 12.3 Å². The van der Waals surface area contributed by atoms with Crippen LogP contribution in [0.2, 0.25) is 0 Å². The molecular formula is C16H15FN2O2. The van der Waals surface area contributed by atoms with Crippen LogP contribution in [0.25, 0.3) is 5.65 Å². The first-order chi connectivity index (χ1) is 10.2. The van der Waals surface area contributed by atoms with E-state index in [1.807, 2.05) is 24.3 Å². The molecule has 108 valence electrons. The Morgan fingerprint density at radius 3 is 2.90 bits per heavy atom. The molecule has 0 spiro atoms. The molecule has 0 bridgehead atoms. The zero-order valence-corrected chi connectivity index (χ0v) is 11.6. The molecule has 2 heterocycles. The molecule has 0 amide bonds. The highest BCUT2D eigenvalue weighted by atomic mass is 19.1. The van der Waals surface area contributed by atoms with E-state index in [9.17, 15) is 9.50 Å². The number of hydrogen-bond donors (Lipinski definition) is 1. The SMILES string of the molecule is COc1cccc(Cc2nc3ccc(F)cn3c2CO)c1. The number of aromatic nitrogens is 2. The molecule has 21 heavy (non-hydrogen) atoms. The van der Waals surface area contributed by atoms with Crippen molar-refractivity contribution >= 4 is 5.65 Å². The number of pyridine rings is 1. The van der Waals surface area contributed by atoms with Crippen molar-refractivity contribution < 1.29 is 14.2 Å². The number of hydrogen-bond acceptors (Lipinski definition) is 3. The molecule has 4 nitrogen and oxygen atoms in total. The standard InChI is InChI=1S/C16H15FN2O2/c1-21-13-4-2-3-11(7-13)8-14-15(10-20)19-9-12(17)5-6-16(19)18-14/h2-7,9,20H,8,10H2,1H3. The van der Waals surface area contributed by atoms with Crippen LogP contribution in [0.1, 0.15) is 17.0 Å². The van der Waals surface area contributed by atoms with Crippen molar-refractivity contribution in [3.8, 4) is 5.75 Å². The van der Waals surface area contributed by atoms with E-state index in [0.29, 0.717) is 17.8 Å². The number of methoxy groups -OCH3 is 1. The average molecular weight is 286 g/mol. The van der Waals surface area contributed by atoms with Crippen LogP contribution in [-0.2, 0) is 13.0 Å². The van der Waals surface area contributed by atoms with Gasteiger partial charge in [0.1, 0.15) is 17.2 Å². The molecule has 0 aliphatic rings. The monoisotopic (exact) mass is 286 g/mol. The Bertz CT molecular complexity index is 783. The molecule has 3 rings (SSSR count). The van der Waals surface area contributed by atoms with Crippen LogP contribution in [0.4, 0.5) is 4.39 Å². The normalized spacial score (nSPS) is 11.0. The Balaban J connectivity index is 2.03. The summed E-state index contributed by atoms with van der Waals surface area (Å²) in [5.41, 5.74) is 2.98. The van der Waals surface area contributed by atoms with Crippen LogP contribution in [0, 0.1) is 5.82 Å². The molecule has 1 aromatic carbocycles. The van der Waals surface area contributed by atoms with Crippen molar-refractivity contribution in [1.29, 1.82) is 0 Å². The summed E-state index contributed by atoms with van der Waals surface area (Å²) in [6.07, 6.45) is 1.89. The molecular weight excluding hydrogens is 271 g/mol. The first-order valence-electron chi connectivity index (χ1n) is 6.60. The van der Waals surface area contributed by atoms with Gasteiger partial charge in [-0.05, 0) is 29.8 Å². The molecule has 1 N–H and O–H groups in total. The Morgan fingerprint density at radius 2 is 2.14 bits per heavy atom. The second-order valence-electron chi connectivity index (χ2n) is 4.77. The summed E-state index contributed by atoms with van der Waals surface area (Å²) in [7, 11) is 1.62. The fourth-order valence-corrected chi connectivity index (χ4v) is 2.40. The van der Waals surface area contributed by atoms with Crippen molar-refractivity contribution in [3.63, 3.8) is 0 Å². The lowest BCUT2D eigenvalue weighted by Gasteiger charge is -2.04. The summed E-state index contributed by atoms with van der Waals surface area (Å²) in [6.45, 7) is -0.191. The zero-order valence-electron chi connectivity index (χ0n) is 11.6. The van der Waals surface area contributed by atoms with E-state index in [1.54, 1.807) is 17.6 Å². The lowest BCUT2D eigenvalue weighted by molar-refractivity contribution is 0.274. The largest absolute Gasteiger partial charge is 0.497 e. The Kier molecular flexibility index (Phi) is 3.58. The average Bonchev–Trinajstić information content (AvgIpc) is 2.83. The minimum Gasteiger partial charge on any atom is -0.497 e. The van der Waals surface area contributed by atoms with Gasteiger partial charge in [0, 0.05) is 12.6 Å². The molecule has 2 aromatic heterocycles. The van der Waals surface area contributed by atoms with Crippen molar-refractivity contribution in [2.45, 2.75) is 13.0 Å². The van der Waals surface area contributed by atoms with Gasteiger partial charge < -0.3 is 9.84 Å². The maximum absolute atomic E-state index is 13.3. The topological polar surface area (TPSA) is 46.8 Å². The number of imidazole rings is 1. The molecule has 0 saturated heterocycles. The molecule has 0 radical (unpaired) electrons. The van der Waals surface area contributed by atoms with Gasteiger partial charge >= 0.3 is 0 Å². The molecule has 0 fully saturated rings. The summed E-state index contributed by atoms with van der Waals surface area (Å²) in [5, 5.41) is 9.57. The lowest BCUT2D eigenvalue weighted by Crippen LogP contribution is -1.98. The van der Waals surface area contributed by atoms with E-state index >= 15 is 0 Å². The maximum Gasteiger partial charge on any atom is 0.139 e. The zero-order chi connectivity index (χ0) is 14.8. The first kappa shape index (κ1) is 13.6. The highest BCUT2D eigenvalue weighted by Gasteiger charge is 2.12. The molecule has 0 unspecified atom stereocenters. The molecule has 3 aromatic rings. The predicted molar refractivity (Wildman–Crippen MR) is 76.9 cm³/mol. The minimum atomic E-state index is -0.359. The van der Waals surface area contributed by atoms with E-state index < -0.39 is 0 Å². The van der Waals surface area contributed by atoms with Gasteiger partial charge in [0.25, 0.3) is 0 Å². The number of benzene rings is 1. The number of halogens is 1. The quantitative estimate of drug-likeness (QED) is 0.802. The van der Waals surface area contributed by atoms with E-state index in [-0.39, 0.29) is 12.4 Å². The highest BCUT2D eigenvalue weighted by molar-refractivity contribution is 5.44. The molecule has 0 aliphatic heterocycles. The van der Waals surface area contributed by atoms with Crippen LogP contribution in [0.3, 0.4) is 0 Å². The van der Waals surface area contributed by atoms with Crippen molar-refractivity contribution in [2.75, 3.05) is 7.11 Å². The third-order valence-electron chi connectivity index (χ3n) is 3.42. The predicted octanol–water partition coefficient (Wildman–Crippen LogP) is 2.57. The minimum absolute atomic E-state index is 0.191. The van der Waals surface area contributed by atoms with Crippen LogP contribution >= 0.6 is 0 Å². The number of rotatable bonds is 4. The second-order valence-corrected chi connectivity index (χ2v) is 4.77. The summed E-state index contributed by atoms with van der Waals surface area (Å²) in [5.74, 6) is 0.412. The van der Waals surface area contributed by atoms with Gasteiger partial charge in [0.05, 0.1) is 25.1 Å². The molecule has 0 atom stereocenters. The summed E-state index contributed by atoms with van der Waals surface area (Å²) in [6, 6.07) is 10.6. The first-order valence-corrected chi connectivity index (χ1v) is 6.60. The van der Waals surface area contributed by atoms with Crippen molar-refractivity contribution in [1.82, 2.24) is 9.38 Å². The molecule has 0 saturated carbocycles. The second kappa shape index (κ2) is 5.54. The fraction of sp³-hybridized carbons (Fsp3) is 0.188. The van der Waals surface area contributed by atoms with Gasteiger partial charge in [-0.2, -0.15) is 0 Å². The Morgan fingerprint density at radius 1 is 1.29 bits per heavy atom. The molecule has 0 aliphatic carbocycles. The van der Waals surface area contributed by atoms with Crippen LogP contribution in [0.5, 0.6) is 5.75 Å². The summed E-state index contributed by atoms with van der Waals surface area (Å²) >= 11 is 0. The van der Waals surface area contributed by atoms with Crippen LogP contribution in [-0.4, -0.2) is 21.6 Å². The van der Waals surface area contributed by atoms with E-state index in [2.05, 4.69) is 4.98 Å². The summed E-state index contributed by atoms with van der Waals surface area (Å²) < 4.78 is 20.1. The highest BCUT2D eigenvalue weighted by Crippen LogP contribution is 2.20. The van der Waals surface area contributed by atoms with Crippen LogP contribution in [0.15, 0.2) is 42.6 Å². The van der Waals surface area contributed by atoms with Gasteiger partial charge in [0.15, 0.2) is 0 Å². The molecule has 5 heteroatoms. The number of aliphatic hydroxyl groups excluding tert-OH is 1.